The van der Waals surface area contributed by atoms with Crippen molar-refractivity contribution in [3.05, 3.63) is 113 Å². The molecule has 0 N–H and O–H groups in total. The highest BCUT2D eigenvalue weighted by Crippen LogP contribution is 2.32. The van der Waals surface area contributed by atoms with Crippen LogP contribution >= 0.6 is 0 Å². The van der Waals surface area contributed by atoms with Gasteiger partial charge in [0.05, 0.1) is 6.61 Å². The molecule has 4 rings (SSSR count). The summed E-state index contributed by atoms with van der Waals surface area (Å²) in [5, 5.41) is 0. The molecule has 0 aliphatic carbocycles. The number of hydrogen-bond acceptors (Lipinski definition) is 2. The maximum atomic E-state index is 14.8. The molecule has 0 saturated heterocycles. The molecular formula is C30H24F4O2. The first-order chi connectivity index (χ1) is 17.4. The summed E-state index contributed by atoms with van der Waals surface area (Å²) in [7, 11) is 0. The van der Waals surface area contributed by atoms with Crippen LogP contribution in [0.25, 0.3) is 28.3 Å². The summed E-state index contributed by atoms with van der Waals surface area (Å²) < 4.78 is 68.7. The Hall–Kier alpha value is -4.06. The van der Waals surface area contributed by atoms with Crippen molar-refractivity contribution in [2.24, 2.45) is 0 Å². The molecule has 184 valence electrons. The highest BCUT2D eigenvalue weighted by Gasteiger charge is 2.17. The zero-order chi connectivity index (χ0) is 25.7. The smallest absolute Gasteiger partial charge is 0.201 e. The Labute approximate surface area is 207 Å². The van der Waals surface area contributed by atoms with E-state index in [1.54, 1.807) is 43.3 Å². The zero-order valence-corrected chi connectivity index (χ0v) is 19.8. The summed E-state index contributed by atoms with van der Waals surface area (Å²) in [5.41, 5.74) is 2.85. The first-order valence-electron chi connectivity index (χ1n) is 11.5. The van der Waals surface area contributed by atoms with Gasteiger partial charge in [-0.1, -0.05) is 60.7 Å². The normalized spacial score (nSPS) is 11.2. The molecule has 0 fully saturated rings. The lowest BCUT2D eigenvalue weighted by Crippen LogP contribution is -2.01. The van der Waals surface area contributed by atoms with Crippen LogP contribution in [-0.2, 0) is 6.61 Å². The Morgan fingerprint density at radius 2 is 1.11 bits per heavy atom. The van der Waals surface area contributed by atoms with Crippen molar-refractivity contribution in [2.45, 2.75) is 20.5 Å². The fourth-order valence-electron chi connectivity index (χ4n) is 3.80. The molecular weight excluding hydrogens is 468 g/mol. The van der Waals surface area contributed by atoms with E-state index in [-0.39, 0.29) is 35.8 Å². The van der Waals surface area contributed by atoms with E-state index in [2.05, 4.69) is 0 Å². The predicted molar refractivity (Wildman–Crippen MR) is 134 cm³/mol. The number of hydrogen-bond donors (Lipinski definition) is 0. The van der Waals surface area contributed by atoms with Crippen LogP contribution in [0.4, 0.5) is 17.6 Å². The third kappa shape index (κ3) is 5.28. The predicted octanol–water partition coefficient (Wildman–Crippen LogP) is 8.59. The molecule has 0 radical (unpaired) electrons. The third-order valence-electron chi connectivity index (χ3n) is 5.63. The maximum Gasteiger partial charge on any atom is 0.201 e. The third-order valence-corrected chi connectivity index (χ3v) is 5.63. The molecule has 0 amide bonds. The minimum atomic E-state index is -1.08. The minimum absolute atomic E-state index is 0.0336. The highest BCUT2D eigenvalue weighted by molar-refractivity contribution is 5.68. The monoisotopic (exact) mass is 492 g/mol. The summed E-state index contributed by atoms with van der Waals surface area (Å²) in [6, 6.07) is 19.3. The molecule has 0 heterocycles. The van der Waals surface area contributed by atoms with Gasteiger partial charge in [-0.3, -0.25) is 0 Å². The van der Waals surface area contributed by atoms with Crippen LogP contribution in [0.5, 0.6) is 11.5 Å². The second kappa shape index (κ2) is 11.1. The minimum Gasteiger partial charge on any atom is -0.491 e. The highest BCUT2D eigenvalue weighted by atomic mass is 19.2. The van der Waals surface area contributed by atoms with Crippen molar-refractivity contribution in [2.75, 3.05) is 6.61 Å². The standard InChI is InChI=1S/C30H24F4O2/c1-3-5-19-6-10-21(11-7-19)24-15-17-26(30(34)28(24)32)36-18-20-8-12-22(13-9-20)23-14-16-25(35-4-2)29(33)27(23)31/h3,5-17H,4,18H2,1-2H3/b5-3+. The number of rotatable bonds is 8. The van der Waals surface area contributed by atoms with Gasteiger partial charge in [-0.2, -0.15) is 8.78 Å². The summed E-state index contributed by atoms with van der Waals surface area (Å²) in [6.07, 6.45) is 3.81. The van der Waals surface area contributed by atoms with Crippen molar-refractivity contribution in [3.8, 4) is 33.8 Å². The molecule has 4 aromatic carbocycles. The van der Waals surface area contributed by atoms with Crippen molar-refractivity contribution in [1.29, 1.82) is 0 Å². The van der Waals surface area contributed by atoms with Crippen LogP contribution in [0.15, 0.2) is 78.9 Å². The van der Waals surface area contributed by atoms with Crippen LogP contribution in [0.3, 0.4) is 0 Å². The van der Waals surface area contributed by atoms with Crippen LogP contribution in [-0.4, -0.2) is 6.61 Å². The summed E-state index contributed by atoms with van der Waals surface area (Å²) in [4.78, 5) is 0. The number of benzene rings is 4. The number of halogens is 4. The van der Waals surface area contributed by atoms with E-state index in [1.165, 1.54) is 24.3 Å². The van der Waals surface area contributed by atoms with Gasteiger partial charge in [0.1, 0.15) is 6.61 Å². The Bertz CT molecular complexity index is 1380. The first kappa shape index (κ1) is 25.0. The van der Waals surface area contributed by atoms with E-state index in [9.17, 15) is 17.6 Å². The topological polar surface area (TPSA) is 18.5 Å². The van der Waals surface area contributed by atoms with E-state index in [4.69, 9.17) is 9.47 Å². The lowest BCUT2D eigenvalue weighted by Gasteiger charge is -2.12. The molecule has 0 aliphatic heterocycles. The van der Waals surface area contributed by atoms with E-state index < -0.39 is 23.3 Å². The molecule has 36 heavy (non-hydrogen) atoms. The molecule has 0 saturated carbocycles. The largest absolute Gasteiger partial charge is 0.491 e. The second-order valence-electron chi connectivity index (χ2n) is 8.02. The van der Waals surface area contributed by atoms with Gasteiger partial charge in [-0.05, 0) is 60.4 Å². The van der Waals surface area contributed by atoms with E-state index in [1.807, 2.05) is 31.2 Å². The lowest BCUT2D eigenvalue weighted by molar-refractivity contribution is 0.285. The summed E-state index contributed by atoms with van der Waals surface area (Å²) in [6.45, 7) is 3.78. The van der Waals surface area contributed by atoms with Crippen molar-refractivity contribution < 1.29 is 27.0 Å². The Kier molecular flexibility index (Phi) is 7.74. The van der Waals surface area contributed by atoms with Gasteiger partial charge >= 0.3 is 0 Å². The summed E-state index contributed by atoms with van der Waals surface area (Å²) in [5.74, 6) is -4.47. The van der Waals surface area contributed by atoms with Crippen molar-refractivity contribution in [1.82, 2.24) is 0 Å². The quantitative estimate of drug-likeness (QED) is 0.229. The van der Waals surface area contributed by atoms with Gasteiger partial charge in [-0.15, -0.1) is 0 Å². The molecule has 0 atom stereocenters. The second-order valence-corrected chi connectivity index (χ2v) is 8.02. The fourth-order valence-corrected chi connectivity index (χ4v) is 3.80. The zero-order valence-electron chi connectivity index (χ0n) is 19.8. The molecule has 0 spiro atoms. The van der Waals surface area contributed by atoms with E-state index in [0.29, 0.717) is 16.7 Å². The average Bonchev–Trinajstić information content (AvgIpc) is 2.89. The van der Waals surface area contributed by atoms with Crippen molar-refractivity contribution in [3.63, 3.8) is 0 Å². The molecule has 0 unspecified atom stereocenters. The van der Waals surface area contributed by atoms with Gasteiger partial charge in [0, 0.05) is 11.1 Å². The SMILES string of the molecule is C/C=C/c1ccc(-c2ccc(OCc3ccc(-c4ccc(OCC)c(F)c4F)cc3)c(F)c2F)cc1. The van der Waals surface area contributed by atoms with Crippen LogP contribution < -0.4 is 9.47 Å². The van der Waals surface area contributed by atoms with E-state index >= 15 is 0 Å². The first-order valence-corrected chi connectivity index (χ1v) is 11.5. The van der Waals surface area contributed by atoms with Gasteiger partial charge in [0.15, 0.2) is 23.1 Å². The number of ether oxygens (including phenoxy) is 2. The molecule has 4 aromatic rings. The molecule has 0 aromatic heterocycles. The van der Waals surface area contributed by atoms with Gasteiger partial charge in [-0.25, -0.2) is 8.78 Å². The van der Waals surface area contributed by atoms with Gasteiger partial charge in [0.25, 0.3) is 0 Å². The molecule has 0 bridgehead atoms. The molecule has 6 heteroatoms. The van der Waals surface area contributed by atoms with Gasteiger partial charge < -0.3 is 9.47 Å². The molecule has 0 aliphatic rings. The lowest BCUT2D eigenvalue weighted by atomic mass is 10.0. The van der Waals surface area contributed by atoms with Gasteiger partial charge in [0.2, 0.25) is 11.6 Å². The number of allylic oxidation sites excluding steroid dienone is 1. The average molecular weight is 493 g/mol. The van der Waals surface area contributed by atoms with E-state index in [0.717, 1.165) is 5.56 Å². The van der Waals surface area contributed by atoms with Crippen LogP contribution in [0, 0.1) is 23.3 Å². The Morgan fingerprint density at radius 1 is 0.611 bits per heavy atom. The van der Waals surface area contributed by atoms with Crippen LogP contribution in [0.2, 0.25) is 0 Å². The van der Waals surface area contributed by atoms with Crippen LogP contribution in [0.1, 0.15) is 25.0 Å². The fraction of sp³-hybridized carbons (Fsp3) is 0.133. The maximum absolute atomic E-state index is 14.8. The van der Waals surface area contributed by atoms with Crippen molar-refractivity contribution >= 4 is 6.08 Å². The molecule has 2 nitrogen and oxygen atoms in total. The summed E-state index contributed by atoms with van der Waals surface area (Å²) >= 11 is 0. The Balaban J connectivity index is 1.47. The Morgan fingerprint density at radius 3 is 1.61 bits per heavy atom.